The Balaban J connectivity index is 1.52. The Labute approximate surface area is 145 Å². The van der Waals surface area contributed by atoms with E-state index in [1.165, 1.54) is 36.4 Å². The highest BCUT2D eigenvalue weighted by Gasteiger charge is 2.26. The molecule has 1 saturated carbocycles. The fourth-order valence-electron chi connectivity index (χ4n) is 3.53. The van der Waals surface area contributed by atoms with E-state index in [1.807, 2.05) is 12.1 Å². The molecule has 1 aromatic carbocycles. The van der Waals surface area contributed by atoms with Gasteiger partial charge in [0.05, 0.1) is 18.1 Å². The summed E-state index contributed by atoms with van der Waals surface area (Å²) in [6.07, 6.45) is 6.78. The van der Waals surface area contributed by atoms with Crippen LogP contribution in [0.5, 0.6) is 0 Å². The standard InChI is InChI=1S/C18H28N2O3S/c21-24(22,20-10-12-23-13-11-20)18-8-6-17(7-9-18)15-19-14-16-4-2-1-3-5-16/h6-9,16,19H,1-5,10-15H2. The smallest absolute Gasteiger partial charge is 0.243 e. The quantitative estimate of drug-likeness (QED) is 0.854. The first-order valence-electron chi connectivity index (χ1n) is 9.04. The molecule has 0 atom stereocenters. The number of hydrogen-bond donors (Lipinski definition) is 1. The van der Waals surface area contributed by atoms with Gasteiger partial charge in [-0.05, 0) is 43.0 Å². The second-order valence-corrected chi connectivity index (χ2v) is 8.73. The summed E-state index contributed by atoms with van der Waals surface area (Å²) in [4.78, 5) is 0.375. The molecule has 5 nitrogen and oxygen atoms in total. The number of morpholine rings is 1. The lowest BCUT2D eigenvalue weighted by atomic mass is 9.89. The van der Waals surface area contributed by atoms with Gasteiger partial charge in [-0.2, -0.15) is 4.31 Å². The molecule has 1 heterocycles. The van der Waals surface area contributed by atoms with Crippen molar-refractivity contribution in [1.29, 1.82) is 0 Å². The van der Waals surface area contributed by atoms with E-state index in [-0.39, 0.29) is 0 Å². The van der Waals surface area contributed by atoms with Crippen molar-refractivity contribution in [2.24, 2.45) is 5.92 Å². The zero-order valence-electron chi connectivity index (χ0n) is 14.2. The Hall–Kier alpha value is -0.950. The van der Waals surface area contributed by atoms with Crippen LogP contribution in [0.2, 0.25) is 0 Å². The van der Waals surface area contributed by atoms with E-state index in [2.05, 4.69) is 5.32 Å². The average Bonchev–Trinajstić information content (AvgIpc) is 2.64. The van der Waals surface area contributed by atoms with Crippen LogP contribution < -0.4 is 5.32 Å². The van der Waals surface area contributed by atoms with E-state index < -0.39 is 10.0 Å². The number of nitrogens with one attached hydrogen (secondary N) is 1. The molecule has 0 aromatic heterocycles. The zero-order valence-corrected chi connectivity index (χ0v) is 15.1. The van der Waals surface area contributed by atoms with Gasteiger partial charge in [-0.25, -0.2) is 8.42 Å². The van der Waals surface area contributed by atoms with Crippen LogP contribution in [0.1, 0.15) is 37.7 Å². The minimum Gasteiger partial charge on any atom is -0.379 e. The summed E-state index contributed by atoms with van der Waals surface area (Å²) in [5.74, 6) is 0.805. The van der Waals surface area contributed by atoms with Crippen LogP contribution in [0.15, 0.2) is 29.2 Å². The predicted molar refractivity (Wildman–Crippen MR) is 94.3 cm³/mol. The third-order valence-electron chi connectivity index (χ3n) is 5.02. The van der Waals surface area contributed by atoms with E-state index >= 15 is 0 Å². The van der Waals surface area contributed by atoms with E-state index in [4.69, 9.17) is 4.74 Å². The molecule has 0 radical (unpaired) electrons. The van der Waals surface area contributed by atoms with Crippen molar-refractivity contribution in [3.63, 3.8) is 0 Å². The molecule has 2 aliphatic rings. The second kappa shape index (κ2) is 8.43. The van der Waals surface area contributed by atoms with Gasteiger partial charge in [0.25, 0.3) is 0 Å². The molecule has 134 valence electrons. The van der Waals surface area contributed by atoms with Crippen molar-refractivity contribution in [3.8, 4) is 0 Å². The van der Waals surface area contributed by atoms with Gasteiger partial charge >= 0.3 is 0 Å². The van der Waals surface area contributed by atoms with Crippen LogP contribution in [0.4, 0.5) is 0 Å². The van der Waals surface area contributed by atoms with Gasteiger partial charge in [0.1, 0.15) is 0 Å². The predicted octanol–water partition coefficient (Wildman–Crippen LogP) is 2.38. The summed E-state index contributed by atoms with van der Waals surface area (Å²) in [5, 5.41) is 3.52. The lowest BCUT2D eigenvalue weighted by molar-refractivity contribution is 0.0730. The normalized spacial score (nSPS) is 21.0. The number of sulfonamides is 1. The number of ether oxygens (including phenoxy) is 1. The molecule has 1 saturated heterocycles. The Kier molecular flexibility index (Phi) is 6.27. The summed E-state index contributed by atoms with van der Waals surface area (Å²) >= 11 is 0. The molecule has 6 heteroatoms. The van der Waals surface area contributed by atoms with Gasteiger partial charge in [-0.3, -0.25) is 0 Å². The van der Waals surface area contributed by atoms with Crippen molar-refractivity contribution in [3.05, 3.63) is 29.8 Å². The molecular weight excluding hydrogens is 324 g/mol. The van der Waals surface area contributed by atoms with Crippen LogP contribution in [0.3, 0.4) is 0 Å². The molecule has 2 fully saturated rings. The number of rotatable bonds is 6. The van der Waals surface area contributed by atoms with Crippen LogP contribution in [0.25, 0.3) is 0 Å². The molecule has 1 N–H and O–H groups in total. The topological polar surface area (TPSA) is 58.6 Å². The Bertz CT molecular complexity index is 604. The molecule has 24 heavy (non-hydrogen) atoms. The SMILES string of the molecule is O=S(=O)(c1ccc(CNCC2CCCCC2)cc1)N1CCOCC1. The fraction of sp³-hybridized carbons (Fsp3) is 0.667. The summed E-state index contributed by atoms with van der Waals surface area (Å²) in [5.41, 5.74) is 1.13. The Morgan fingerprint density at radius 2 is 1.71 bits per heavy atom. The first kappa shape index (κ1) is 17.9. The first-order chi connectivity index (χ1) is 11.7. The second-order valence-electron chi connectivity index (χ2n) is 6.80. The maximum absolute atomic E-state index is 12.6. The third kappa shape index (κ3) is 4.57. The van der Waals surface area contributed by atoms with Crippen LogP contribution >= 0.6 is 0 Å². The molecule has 0 amide bonds. The summed E-state index contributed by atoms with van der Waals surface area (Å²) in [6.45, 7) is 3.69. The van der Waals surface area contributed by atoms with Gasteiger partial charge in [0.2, 0.25) is 10.0 Å². The average molecular weight is 353 g/mol. The summed E-state index contributed by atoms with van der Waals surface area (Å²) in [7, 11) is -3.38. The lowest BCUT2D eigenvalue weighted by Gasteiger charge is -2.26. The van der Waals surface area contributed by atoms with Gasteiger partial charge in [0.15, 0.2) is 0 Å². The summed E-state index contributed by atoms with van der Waals surface area (Å²) in [6, 6.07) is 7.28. The van der Waals surface area contributed by atoms with Crippen molar-refractivity contribution < 1.29 is 13.2 Å². The minimum atomic E-state index is -3.38. The van der Waals surface area contributed by atoms with E-state index in [1.54, 1.807) is 12.1 Å². The molecule has 1 aliphatic carbocycles. The van der Waals surface area contributed by atoms with Crippen LogP contribution in [0, 0.1) is 5.92 Å². The zero-order chi connectivity index (χ0) is 16.8. The highest BCUT2D eigenvalue weighted by Crippen LogP contribution is 2.23. The van der Waals surface area contributed by atoms with Gasteiger partial charge in [-0.1, -0.05) is 31.4 Å². The van der Waals surface area contributed by atoms with Crippen LogP contribution in [-0.4, -0.2) is 45.6 Å². The maximum Gasteiger partial charge on any atom is 0.243 e. The maximum atomic E-state index is 12.6. The number of benzene rings is 1. The van der Waals surface area contributed by atoms with Crippen LogP contribution in [-0.2, 0) is 21.3 Å². The molecule has 0 spiro atoms. The Morgan fingerprint density at radius 3 is 2.38 bits per heavy atom. The van der Waals surface area contributed by atoms with E-state index in [0.29, 0.717) is 31.2 Å². The van der Waals surface area contributed by atoms with E-state index in [9.17, 15) is 8.42 Å². The van der Waals surface area contributed by atoms with Crippen molar-refractivity contribution in [1.82, 2.24) is 9.62 Å². The highest BCUT2D eigenvalue weighted by atomic mass is 32.2. The minimum absolute atomic E-state index is 0.375. The molecule has 0 bridgehead atoms. The monoisotopic (exact) mass is 352 g/mol. The molecular formula is C18H28N2O3S. The van der Waals surface area contributed by atoms with Crippen molar-refractivity contribution in [2.75, 3.05) is 32.8 Å². The fourth-order valence-corrected chi connectivity index (χ4v) is 4.94. The van der Waals surface area contributed by atoms with Crippen molar-refractivity contribution in [2.45, 2.75) is 43.5 Å². The number of hydrogen-bond acceptors (Lipinski definition) is 4. The highest BCUT2D eigenvalue weighted by molar-refractivity contribution is 7.89. The largest absolute Gasteiger partial charge is 0.379 e. The Morgan fingerprint density at radius 1 is 1.04 bits per heavy atom. The van der Waals surface area contributed by atoms with Gasteiger partial charge in [-0.15, -0.1) is 0 Å². The molecule has 3 rings (SSSR count). The van der Waals surface area contributed by atoms with Gasteiger partial charge in [0, 0.05) is 19.6 Å². The van der Waals surface area contributed by atoms with E-state index in [0.717, 1.165) is 24.6 Å². The van der Waals surface area contributed by atoms with Gasteiger partial charge < -0.3 is 10.1 Å². The third-order valence-corrected chi connectivity index (χ3v) is 6.93. The summed E-state index contributed by atoms with van der Waals surface area (Å²) < 4.78 is 31.9. The number of nitrogens with zero attached hydrogens (tertiary/aromatic N) is 1. The lowest BCUT2D eigenvalue weighted by Crippen LogP contribution is -2.40. The molecule has 1 aromatic rings. The molecule has 1 aliphatic heterocycles. The van der Waals surface area contributed by atoms with Crippen molar-refractivity contribution >= 4 is 10.0 Å². The molecule has 0 unspecified atom stereocenters. The first-order valence-corrected chi connectivity index (χ1v) is 10.5.